The first-order chi connectivity index (χ1) is 16.8. The molecule has 1 saturated heterocycles. The molecule has 0 bridgehead atoms. The summed E-state index contributed by atoms with van der Waals surface area (Å²) in [7, 11) is 0. The fraction of sp³-hybridized carbons (Fsp3) is 0.269. The molecule has 9 heteroatoms. The van der Waals surface area contributed by atoms with Crippen molar-refractivity contribution in [2.45, 2.75) is 32.4 Å². The Kier molecular flexibility index (Phi) is 6.12. The van der Waals surface area contributed by atoms with Crippen LogP contribution in [-0.2, 0) is 12.1 Å². The minimum absolute atomic E-state index is 0.271. The van der Waals surface area contributed by atoms with Gasteiger partial charge in [0, 0.05) is 17.7 Å². The van der Waals surface area contributed by atoms with E-state index in [0.717, 1.165) is 19.6 Å². The number of anilines is 1. The summed E-state index contributed by atoms with van der Waals surface area (Å²) in [6.45, 7) is 6.66. The van der Waals surface area contributed by atoms with Crippen LogP contribution in [0.25, 0.3) is 10.2 Å². The van der Waals surface area contributed by atoms with E-state index in [-0.39, 0.29) is 17.6 Å². The van der Waals surface area contributed by atoms with Crippen molar-refractivity contribution in [3.8, 4) is 0 Å². The van der Waals surface area contributed by atoms with Crippen LogP contribution in [0.1, 0.15) is 51.4 Å². The van der Waals surface area contributed by atoms with Crippen LogP contribution in [0.3, 0.4) is 0 Å². The fourth-order valence-electron chi connectivity index (χ4n) is 4.14. The zero-order valence-corrected chi connectivity index (χ0v) is 20.3. The van der Waals surface area contributed by atoms with Crippen molar-refractivity contribution >= 4 is 39.2 Å². The fourth-order valence-corrected chi connectivity index (χ4v) is 5.04. The minimum Gasteiger partial charge on any atom is -0.342 e. The lowest BCUT2D eigenvalue weighted by molar-refractivity contribution is 0.0914. The normalized spacial score (nSPS) is 14.0. The molecule has 3 N–H and O–H groups in total. The number of nitrogens with one attached hydrogen (secondary N) is 3. The Balaban J connectivity index is 1.28. The van der Waals surface area contributed by atoms with Crippen molar-refractivity contribution in [2.75, 3.05) is 18.4 Å². The number of thiophene rings is 1. The molecule has 35 heavy (non-hydrogen) atoms. The first kappa shape index (κ1) is 23.2. The lowest BCUT2D eigenvalue weighted by Gasteiger charge is -2.30. The summed E-state index contributed by atoms with van der Waals surface area (Å²) in [5.41, 5.74) is 1.21. The van der Waals surface area contributed by atoms with Gasteiger partial charge in [-0.25, -0.2) is 4.39 Å². The molecular formula is C26H26FN5O2S. The van der Waals surface area contributed by atoms with Gasteiger partial charge in [-0.2, -0.15) is 5.10 Å². The Morgan fingerprint density at radius 3 is 2.54 bits per heavy atom. The van der Waals surface area contributed by atoms with E-state index in [9.17, 15) is 14.0 Å². The zero-order valence-electron chi connectivity index (χ0n) is 19.5. The van der Waals surface area contributed by atoms with Crippen LogP contribution in [-0.4, -0.2) is 40.0 Å². The molecule has 1 aliphatic rings. The first-order valence-corrected chi connectivity index (χ1v) is 12.3. The third kappa shape index (κ3) is 4.82. The Labute approximate surface area is 206 Å². The number of halogens is 1. The summed E-state index contributed by atoms with van der Waals surface area (Å²) in [4.78, 5) is 29.2. The standard InChI is InChI=1S/C26H26FN5O2S/c1-26(2,19-6-3-4-7-20(19)27)29-24(34)21-14-18-22(30-31-25(18)35-21)28-23(33)17-10-8-16(9-11-17)15-32-12-5-13-32/h3-4,6-11,14H,5,12-13,15H2,1-2H3,(H,29,34)(H2,28,30,31,33). The van der Waals surface area contributed by atoms with Crippen LogP contribution >= 0.6 is 11.3 Å². The summed E-state index contributed by atoms with van der Waals surface area (Å²) >= 11 is 1.22. The Bertz CT molecular complexity index is 1390. The Morgan fingerprint density at radius 1 is 1.11 bits per heavy atom. The molecule has 4 aromatic rings. The molecule has 2 aromatic heterocycles. The lowest BCUT2D eigenvalue weighted by Crippen LogP contribution is -2.41. The second-order valence-corrected chi connectivity index (χ2v) is 10.3. The molecule has 0 spiro atoms. The molecule has 2 amide bonds. The number of carbonyl (C=O) groups is 2. The average Bonchev–Trinajstić information content (AvgIpc) is 3.39. The molecule has 3 heterocycles. The summed E-state index contributed by atoms with van der Waals surface area (Å²) in [5, 5.41) is 13.4. The summed E-state index contributed by atoms with van der Waals surface area (Å²) < 4.78 is 14.3. The van der Waals surface area contributed by atoms with Crippen molar-refractivity contribution in [3.05, 3.63) is 82.0 Å². The number of aromatic nitrogens is 2. The van der Waals surface area contributed by atoms with Crippen LogP contribution < -0.4 is 10.6 Å². The van der Waals surface area contributed by atoms with Crippen LogP contribution in [0.15, 0.2) is 54.6 Å². The van der Waals surface area contributed by atoms with Gasteiger partial charge < -0.3 is 10.6 Å². The van der Waals surface area contributed by atoms with Gasteiger partial charge in [0.05, 0.1) is 15.8 Å². The van der Waals surface area contributed by atoms with Crippen molar-refractivity contribution in [1.82, 2.24) is 20.4 Å². The van der Waals surface area contributed by atoms with Crippen LogP contribution in [0, 0.1) is 5.82 Å². The van der Waals surface area contributed by atoms with Gasteiger partial charge in [-0.05, 0) is 63.2 Å². The van der Waals surface area contributed by atoms with Gasteiger partial charge in [0.15, 0.2) is 5.82 Å². The SMILES string of the molecule is CC(C)(NC(=O)c1cc2c(NC(=O)c3ccc(CN4CCC4)cc3)n[nH]c2s1)c1ccccc1F. The van der Waals surface area contributed by atoms with Gasteiger partial charge in [-0.15, -0.1) is 11.3 Å². The van der Waals surface area contributed by atoms with E-state index in [2.05, 4.69) is 25.7 Å². The molecular weight excluding hydrogens is 465 g/mol. The van der Waals surface area contributed by atoms with E-state index < -0.39 is 5.54 Å². The molecule has 7 nitrogen and oxygen atoms in total. The maximum atomic E-state index is 14.3. The maximum absolute atomic E-state index is 14.3. The van der Waals surface area contributed by atoms with Crippen molar-refractivity contribution < 1.29 is 14.0 Å². The zero-order chi connectivity index (χ0) is 24.6. The summed E-state index contributed by atoms with van der Waals surface area (Å²) in [6, 6.07) is 15.6. The van der Waals surface area contributed by atoms with Crippen LogP contribution in [0.2, 0.25) is 0 Å². The number of benzene rings is 2. The second-order valence-electron chi connectivity index (χ2n) is 9.27. The number of aromatic amines is 1. The number of rotatable bonds is 7. The van der Waals surface area contributed by atoms with E-state index >= 15 is 0 Å². The summed E-state index contributed by atoms with van der Waals surface area (Å²) in [6.07, 6.45) is 1.24. The third-order valence-electron chi connectivity index (χ3n) is 6.26. The maximum Gasteiger partial charge on any atom is 0.262 e. The van der Waals surface area contributed by atoms with Crippen molar-refractivity contribution in [2.24, 2.45) is 0 Å². The predicted octanol–water partition coefficient (Wildman–Crippen LogP) is 4.89. The van der Waals surface area contributed by atoms with Gasteiger partial charge in [-0.1, -0.05) is 30.3 Å². The van der Waals surface area contributed by atoms with Crippen LogP contribution in [0.5, 0.6) is 0 Å². The van der Waals surface area contributed by atoms with E-state index in [0.29, 0.717) is 32.0 Å². The average molecular weight is 492 g/mol. The molecule has 0 radical (unpaired) electrons. The third-order valence-corrected chi connectivity index (χ3v) is 7.29. The van der Waals surface area contributed by atoms with E-state index in [1.54, 1.807) is 38.1 Å². The van der Waals surface area contributed by atoms with Gasteiger partial charge in [0.2, 0.25) is 0 Å². The highest BCUT2D eigenvalue weighted by Crippen LogP contribution is 2.31. The number of hydrogen-bond acceptors (Lipinski definition) is 5. The number of carbonyl (C=O) groups excluding carboxylic acids is 2. The lowest BCUT2D eigenvalue weighted by atomic mass is 9.93. The highest BCUT2D eigenvalue weighted by molar-refractivity contribution is 7.20. The molecule has 1 fully saturated rings. The molecule has 180 valence electrons. The quantitative estimate of drug-likeness (QED) is 0.344. The number of amides is 2. The Hall–Kier alpha value is -3.56. The van der Waals surface area contributed by atoms with Gasteiger partial charge in [0.25, 0.3) is 11.8 Å². The number of likely N-dealkylation sites (tertiary alicyclic amines) is 1. The molecule has 0 saturated carbocycles. The smallest absolute Gasteiger partial charge is 0.262 e. The molecule has 0 aliphatic carbocycles. The summed E-state index contributed by atoms with van der Waals surface area (Å²) in [5.74, 6) is -0.619. The number of nitrogens with zero attached hydrogens (tertiary/aromatic N) is 2. The molecule has 0 atom stereocenters. The van der Waals surface area contributed by atoms with Crippen molar-refractivity contribution in [3.63, 3.8) is 0 Å². The second kappa shape index (κ2) is 9.24. The topological polar surface area (TPSA) is 90.1 Å². The van der Waals surface area contributed by atoms with Gasteiger partial charge >= 0.3 is 0 Å². The van der Waals surface area contributed by atoms with Gasteiger partial charge in [0.1, 0.15) is 10.6 Å². The first-order valence-electron chi connectivity index (χ1n) is 11.5. The van der Waals surface area contributed by atoms with Gasteiger partial charge in [-0.3, -0.25) is 19.6 Å². The number of hydrogen-bond donors (Lipinski definition) is 3. The molecule has 2 aromatic carbocycles. The monoisotopic (exact) mass is 491 g/mol. The minimum atomic E-state index is -0.906. The molecule has 5 rings (SSSR count). The number of fused-ring (bicyclic) bond motifs is 1. The van der Waals surface area contributed by atoms with Crippen molar-refractivity contribution in [1.29, 1.82) is 0 Å². The van der Waals surface area contributed by atoms with Crippen LogP contribution in [0.4, 0.5) is 10.2 Å². The predicted molar refractivity (Wildman–Crippen MR) is 135 cm³/mol. The van der Waals surface area contributed by atoms with E-state index in [1.807, 2.05) is 24.3 Å². The largest absolute Gasteiger partial charge is 0.342 e. The highest BCUT2D eigenvalue weighted by Gasteiger charge is 2.27. The highest BCUT2D eigenvalue weighted by atomic mass is 32.1. The molecule has 0 unspecified atom stereocenters. The molecule has 1 aliphatic heterocycles. The Morgan fingerprint density at radius 2 is 1.86 bits per heavy atom. The van der Waals surface area contributed by atoms with E-state index in [4.69, 9.17) is 0 Å². The number of H-pyrrole nitrogens is 1. The van der Waals surface area contributed by atoms with E-state index in [1.165, 1.54) is 29.4 Å².